The zero-order chi connectivity index (χ0) is 18.3. The maximum Gasteiger partial charge on any atom is 0.357 e. The Kier molecular flexibility index (Phi) is 7.06. The van der Waals surface area contributed by atoms with Gasteiger partial charge in [0.1, 0.15) is 5.75 Å². The standard InChI is InChI=1S/C19H26NO4P/c1-5-23-25(21,24-6-2)19(16-10-12-18(22-4)13-11-16)20-17-9-7-8-15(3)14-17/h7-14,19-20H,5-6H2,1-4H3. The van der Waals surface area contributed by atoms with E-state index in [0.717, 1.165) is 22.6 Å². The van der Waals surface area contributed by atoms with Gasteiger partial charge in [-0.15, -0.1) is 0 Å². The molecule has 0 radical (unpaired) electrons. The largest absolute Gasteiger partial charge is 0.497 e. The summed E-state index contributed by atoms with van der Waals surface area (Å²) in [6.45, 7) is 6.24. The van der Waals surface area contributed by atoms with Crippen LogP contribution in [0.5, 0.6) is 5.75 Å². The molecule has 0 aliphatic carbocycles. The zero-order valence-electron chi connectivity index (χ0n) is 15.2. The molecule has 0 aliphatic heterocycles. The Labute approximate surface area is 149 Å². The van der Waals surface area contributed by atoms with E-state index in [2.05, 4.69) is 5.32 Å². The average Bonchev–Trinajstić information content (AvgIpc) is 2.60. The number of nitrogens with one attached hydrogen (secondary N) is 1. The minimum Gasteiger partial charge on any atom is -0.497 e. The van der Waals surface area contributed by atoms with Gasteiger partial charge in [-0.2, -0.15) is 0 Å². The van der Waals surface area contributed by atoms with E-state index in [1.807, 2.05) is 69.3 Å². The third-order valence-corrected chi connectivity index (χ3v) is 5.98. The van der Waals surface area contributed by atoms with Crippen molar-refractivity contribution in [3.63, 3.8) is 0 Å². The molecule has 0 bridgehead atoms. The molecule has 2 rings (SSSR count). The van der Waals surface area contributed by atoms with Crippen molar-refractivity contribution < 1.29 is 18.3 Å². The SMILES string of the molecule is CCOP(=O)(OCC)C(Nc1cccc(C)c1)c1ccc(OC)cc1. The fourth-order valence-electron chi connectivity index (χ4n) is 2.57. The van der Waals surface area contributed by atoms with Crippen molar-refractivity contribution in [2.45, 2.75) is 26.6 Å². The molecule has 5 nitrogen and oxygen atoms in total. The van der Waals surface area contributed by atoms with E-state index < -0.39 is 13.4 Å². The molecule has 136 valence electrons. The monoisotopic (exact) mass is 363 g/mol. The Morgan fingerprint density at radius 3 is 2.20 bits per heavy atom. The number of methoxy groups -OCH3 is 1. The highest BCUT2D eigenvalue weighted by molar-refractivity contribution is 7.54. The van der Waals surface area contributed by atoms with E-state index in [1.165, 1.54) is 0 Å². The Balaban J connectivity index is 2.43. The molecule has 0 aromatic heterocycles. The maximum atomic E-state index is 13.4. The highest BCUT2D eigenvalue weighted by atomic mass is 31.2. The smallest absolute Gasteiger partial charge is 0.357 e. The molecule has 6 heteroatoms. The van der Waals surface area contributed by atoms with Crippen molar-refractivity contribution in [2.24, 2.45) is 0 Å². The van der Waals surface area contributed by atoms with Crippen LogP contribution < -0.4 is 10.1 Å². The lowest BCUT2D eigenvalue weighted by atomic mass is 10.2. The molecule has 0 saturated heterocycles. The van der Waals surface area contributed by atoms with Gasteiger partial charge in [0.2, 0.25) is 0 Å². The van der Waals surface area contributed by atoms with E-state index in [0.29, 0.717) is 13.2 Å². The van der Waals surface area contributed by atoms with E-state index in [4.69, 9.17) is 13.8 Å². The summed E-state index contributed by atoms with van der Waals surface area (Å²) in [5.41, 5.74) is 2.79. The van der Waals surface area contributed by atoms with Crippen molar-refractivity contribution in [1.29, 1.82) is 0 Å². The Hall–Kier alpha value is -1.81. The van der Waals surface area contributed by atoms with E-state index >= 15 is 0 Å². The topological polar surface area (TPSA) is 56.8 Å². The van der Waals surface area contributed by atoms with Gasteiger partial charge in [0.15, 0.2) is 5.78 Å². The van der Waals surface area contributed by atoms with Crippen molar-refractivity contribution in [3.05, 3.63) is 59.7 Å². The van der Waals surface area contributed by atoms with Gasteiger partial charge >= 0.3 is 7.60 Å². The van der Waals surface area contributed by atoms with Crippen LogP contribution in [-0.2, 0) is 13.6 Å². The third-order valence-electron chi connectivity index (χ3n) is 3.69. The molecule has 1 atom stereocenters. The summed E-state index contributed by atoms with van der Waals surface area (Å²) in [7, 11) is -1.79. The fraction of sp³-hybridized carbons (Fsp3) is 0.368. The molecular weight excluding hydrogens is 337 g/mol. The van der Waals surface area contributed by atoms with Gasteiger partial charge in [-0.1, -0.05) is 24.3 Å². The molecule has 2 aromatic rings. The predicted octanol–water partition coefficient (Wildman–Crippen LogP) is 5.38. The normalized spacial score (nSPS) is 12.6. The fourth-order valence-corrected chi connectivity index (χ4v) is 4.51. The molecule has 0 saturated carbocycles. The van der Waals surface area contributed by atoms with Crippen LogP contribution in [0.1, 0.15) is 30.8 Å². The summed E-state index contributed by atoms with van der Waals surface area (Å²) >= 11 is 0. The summed E-state index contributed by atoms with van der Waals surface area (Å²) in [4.78, 5) is 0. The van der Waals surface area contributed by atoms with Gasteiger partial charge in [0.25, 0.3) is 0 Å². The minimum atomic E-state index is -3.41. The maximum absolute atomic E-state index is 13.4. The first kappa shape index (κ1) is 19.5. The summed E-state index contributed by atoms with van der Waals surface area (Å²) in [5, 5.41) is 3.33. The minimum absolute atomic E-state index is 0.305. The lowest BCUT2D eigenvalue weighted by Crippen LogP contribution is -2.15. The molecule has 0 amide bonds. The summed E-state index contributed by atoms with van der Waals surface area (Å²) in [6.07, 6.45) is 0. The van der Waals surface area contributed by atoms with E-state index in [1.54, 1.807) is 7.11 Å². The molecule has 2 aromatic carbocycles. The second-order valence-corrected chi connectivity index (χ2v) is 7.68. The highest BCUT2D eigenvalue weighted by Crippen LogP contribution is 2.60. The molecule has 0 heterocycles. The van der Waals surface area contributed by atoms with Gasteiger partial charge in [-0.05, 0) is 56.2 Å². The Bertz CT molecular complexity index is 708. The predicted molar refractivity (Wildman–Crippen MR) is 101 cm³/mol. The quantitative estimate of drug-likeness (QED) is 0.606. The van der Waals surface area contributed by atoms with Crippen molar-refractivity contribution >= 4 is 13.3 Å². The van der Waals surface area contributed by atoms with Crippen molar-refractivity contribution in [1.82, 2.24) is 0 Å². The second kappa shape index (κ2) is 9.04. The lowest BCUT2D eigenvalue weighted by molar-refractivity contribution is 0.214. The number of anilines is 1. The van der Waals surface area contributed by atoms with Crippen LogP contribution in [0.2, 0.25) is 0 Å². The van der Waals surface area contributed by atoms with Crippen LogP contribution in [0.25, 0.3) is 0 Å². The third kappa shape index (κ3) is 5.08. The molecule has 0 spiro atoms. The van der Waals surface area contributed by atoms with Crippen LogP contribution in [0, 0.1) is 6.92 Å². The first-order valence-electron chi connectivity index (χ1n) is 8.38. The van der Waals surface area contributed by atoms with Gasteiger partial charge in [0.05, 0.1) is 20.3 Å². The number of aryl methyl sites for hydroxylation is 1. The number of hydrogen-bond acceptors (Lipinski definition) is 5. The average molecular weight is 363 g/mol. The first-order valence-corrected chi connectivity index (χ1v) is 9.99. The van der Waals surface area contributed by atoms with E-state index in [-0.39, 0.29) is 0 Å². The van der Waals surface area contributed by atoms with Gasteiger partial charge < -0.3 is 19.1 Å². The lowest BCUT2D eigenvalue weighted by Gasteiger charge is -2.28. The molecule has 1 N–H and O–H groups in total. The number of ether oxygens (including phenoxy) is 1. The van der Waals surface area contributed by atoms with Crippen LogP contribution >= 0.6 is 7.60 Å². The molecule has 0 aliphatic rings. The van der Waals surface area contributed by atoms with E-state index in [9.17, 15) is 4.57 Å². The van der Waals surface area contributed by atoms with Crippen molar-refractivity contribution in [2.75, 3.05) is 25.6 Å². The zero-order valence-corrected chi connectivity index (χ0v) is 16.1. The van der Waals surface area contributed by atoms with Crippen molar-refractivity contribution in [3.8, 4) is 5.75 Å². The van der Waals surface area contributed by atoms with Crippen LogP contribution in [0.4, 0.5) is 5.69 Å². The summed E-state index contributed by atoms with van der Waals surface area (Å²) in [6, 6.07) is 15.3. The Morgan fingerprint density at radius 2 is 1.68 bits per heavy atom. The molecule has 25 heavy (non-hydrogen) atoms. The first-order chi connectivity index (χ1) is 12.0. The summed E-state index contributed by atoms with van der Waals surface area (Å²) in [5.74, 6) is 0.126. The Morgan fingerprint density at radius 1 is 1.04 bits per heavy atom. The van der Waals surface area contributed by atoms with Crippen LogP contribution in [-0.4, -0.2) is 20.3 Å². The highest BCUT2D eigenvalue weighted by Gasteiger charge is 2.37. The molecule has 1 unspecified atom stereocenters. The number of benzene rings is 2. The number of hydrogen-bond donors (Lipinski definition) is 1. The van der Waals surface area contributed by atoms with Gasteiger partial charge in [-0.3, -0.25) is 4.57 Å². The number of rotatable bonds is 9. The van der Waals surface area contributed by atoms with Gasteiger partial charge in [-0.25, -0.2) is 0 Å². The van der Waals surface area contributed by atoms with Crippen LogP contribution in [0.15, 0.2) is 48.5 Å². The van der Waals surface area contributed by atoms with Gasteiger partial charge in [0, 0.05) is 5.69 Å². The summed E-state index contributed by atoms with van der Waals surface area (Å²) < 4.78 is 29.8. The second-order valence-electron chi connectivity index (χ2n) is 5.56. The molecule has 0 fully saturated rings. The molecular formula is C19H26NO4P. The van der Waals surface area contributed by atoms with Crippen LogP contribution in [0.3, 0.4) is 0 Å².